The fourth-order valence-electron chi connectivity index (χ4n) is 4.43. The van der Waals surface area contributed by atoms with Crippen LogP contribution in [0.15, 0.2) is 52.3 Å². The summed E-state index contributed by atoms with van der Waals surface area (Å²) in [7, 11) is 0. The number of halogens is 6. The minimum absolute atomic E-state index is 0.203. The van der Waals surface area contributed by atoms with Crippen LogP contribution in [0.2, 0.25) is 0 Å². The summed E-state index contributed by atoms with van der Waals surface area (Å²) in [6.45, 7) is 1.88. The molecule has 2 saturated heterocycles. The molecule has 0 bridgehead atoms. The first kappa shape index (κ1) is 29.9. The molecule has 0 saturated carbocycles. The Hall–Kier alpha value is -3.03. The Morgan fingerprint density at radius 1 is 0.900 bits per heavy atom. The zero-order valence-electron chi connectivity index (χ0n) is 21.1. The first-order chi connectivity index (χ1) is 18.9. The Kier molecular flexibility index (Phi) is 9.47. The molecule has 2 aromatic carbocycles. The molecule has 2 heterocycles. The van der Waals surface area contributed by atoms with E-state index in [1.807, 2.05) is 0 Å². The summed E-state index contributed by atoms with van der Waals surface area (Å²) < 4.78 is 95.2. The summed E-state index contributed by atoms with van der Waals surface area (Å²) >= 11 is 0.500. The van der Waals surface area contributed by atoms with Gasteiger partial charge in [0.15, 0.2) is 0 Å². The van der Waals surface area contributed by atoms with Gasteiger partial charge in [0.05, 0.1) is 24.3 Å². The molecule has 0 unspecified atom stereocenters. The number of carbonyl (C=O) groups is 2. The standard InChI is InChI=1S/C27H26F6N2O4S/c28-26(29,30)23-17(5-7-22(36)35-10-14-39-15-11-35)4-6-21(24(23)27(31,32)33)40-20-3-1-2-19(16-20)34-25(37)18-8-12-38-13-9-18/h1-7,16,18H,8-15H2,(H,34,37)/b7-5+. The normalized spacial score (nSPS) is 17.3. The predicted octanol–water partition coefficient (Wildman–Crippen LogP) is 6.11. The molecule has 13 heteroatoms. The fraction of sp³-hybridized carbons (Fsp3) is 0.407. The number of morpholine rings is 1. The highest BCUT2D eigenvalue weighted by Gasteiger charge is 2.46. The van der Waals surface area contributed by atoms with E-state index in [0.29, 0.717) is 43.5 Å². The number of nitrogens with one attached hydrogen (secondary N) is 1. The molecule has 2 aliphatic heterocycles. The summed E-state index contributed by atoms with van der Waals surface area (Å²) in [6, 6.07) is 7.76. The molecule has 6 nitrogen and oxygen atoms in total. The molecule has 0 aromatic heterocycles. The molecule has 2 fully saturated rings. The van der Waals surface area contributed by atoms with Crippen LogP contribution in [0, 0.1) is 5.92 Å². The van der Waals surface area contributed by atoms with Gasteiger partial charge in [0.1, 0.15) is 0 Å². The molecule has 40 heavy (non-hydrogen) atoms. The fourth-order valence-corrected chi connectivity index (χ4v) is 5.47. The van der Waals surface area contributed by atoms with E-state index >= 15 is 0 Å². The van der Waals surface area contributed by atoms with E-state index < -0.39 is 39.8 Å². The van der Waals surface area contributed by atoms with Crippen LogP contribution in [0.3, 0.4) is 0 Å². The van der Waals surface area contributed by atoms with Crippen LogP contribution in [0.25, 0.3) is 6.08 Å². The number of carbonyl (C=O) groups excluding carboxylic acids is 2. The van der Waals surface area contributed by atoms with Gasteiger partial charge in [-0.15, -0.1) is 0 Å². The quantitative estimate of drug-likeness (QED) is 0.326. The zero-order valence-corrected chi connectivity index (χ0v) is 21.9. The van der Waals surface area contributed by atoms with Gasteiger partial charge in [-0.2, -0.15) is 26.3 Å². The SMILES string of the molecule is O=C(Nc1cccc(Sc2ccc(/C=C/C(=O)N3CCOCC3)c(C(F)(F)F)c2C(F)(F)F)c1)C1CCOCC1. The van der Waals surface area contributed by atoms with E-state index in [-0.39, 0.29) is 43.0 Å². The van der Waals surface area contributed by atoms with Crippen LogP contribution in [0.1, 0.15) is 29.5 Å². The lowest BCUT2D eigenvalue weighted by atomic mass is 9.99. The van der Waals surface area contributed by atoms with Crippen LogP contribution in [0.4, 0.5) is 32.0 Å². The molecule has 2 aromatic rings. The largest absolute Gasteiger partial charge is 0.418 e. The number of hydrogen-bond donors (Lipinski definition) is 1. The predicted molar refractivity (Wildman–Crippen MR) is 136 cm³/mol. The highest BCUT2D eigenvalue weighted by atomic mass is 32.2. The van der Waals surface area contributed by atoms with E-state index in [9.17, 15) is 35.9 Å². The molecule has 0 aliphatic carbocycles. The lowest BCUT2D eigenvalue weighted by molar-refractivity contribution is -0.163. The molecule has 2 aliphatic rings. The van der Waals surface area contributed by atoms with Crippen LogP contribution in [-0.2, 0) is 31.4 Å². The van der Waals surface area contributed by atoms with E-state index in [4.69, 9.17) is 9.47 Å². The molecule has 0 atom stereocenters. The van der Waals surface area contributed by atoms with Crippen molar-refractivity contribution < 1.29 is 45.4 Å². The Morgan fingerprint density at radius 3 is 2.20 bits per heavy atom. The van der Waals surface area contributed by atoms with E-state index in [1.165, 1.54) is 23.1 Å². The maximum absolute atomic E-state index is 14.2. The van der Waals surface area contributed by atoms with Crippen LogP contribution in [-0.4, -0.2) is 56.2 Å². The highest BCUT2D eigenvalue weighted by Crippen LogP contribution is 2.48. The second-order valence-corrected chi connectivity index (χ2v) is 10.3. The van der Waals surface area contributed by atoms with Gasteiger partial charge in [0.25, 0.3) is 0 Å². The van der Waals surface area contributed by atoms with Gasteiger partial charge in [-0.05, 0) is 48.7 Å². The number of hydrogen-bond acceptors (Lipinski definition) is 5. The van der Waals surface area contributed by atoms with Crippen molar-refractivity contribution in [3.8, 4) is 0 Å². The molecule has 2 amide bonds. The summed E-state index contributed by atoms with van der Waals surface area (Å²) in [4.78, 5) is 25.8. The Bertz CT molecular complexity index is 1250. The number of benzene rings is 2. The molecule has 0 spiro atoms. The van der Waals surface area contributed by atoms with Crippen LogP contribution in [0.5, 0.6) is 0 Å². The molecular formula is C27H26F6N2O4S. The minimum atomic E-state index is -5.36. The average molecular weight is 589 g/mol. The summed E-state index contributed by atoms with van der Waals surface area (Å²) in [5.74, 6) is -1.15. The van der Waals surface area contributed by atoms with Gasteiger partial charge < -0.3 is 19.7 Å². The number of alkyl halides is 6. The number of nitrogens with zero attached hydrogens (tertiary/aromatic N) is 1. The van der Waals surface area contributed by atoms with Crippen LogP contribution >= 0.6 is 11.8 Å². The molecule has 1 N–H and O–H groups in total. The van der Waals surface area contributed by atoms with Crippen molar-refractivity contribution in [1.29, 1.82) is 0 Å². The second kappa shape index (κ2) is 12.6. The van der Waals surface area contributed by atoms with Crippen molar-refractivity contribution >= 4 is 35.3 Å². The van der Waals surface area contributed by atoms with E-state index in [0.717, 1.165) is 24.3 Å². The maximum Gasteiger partial charge on any atom is 0.418 e. The average Bonchev–Trinajstić information content (AvgIpc) is 2.92. The van der Waals surface area contributed by atoms with Crippen molar-refractivity contribution in [3.05, 3.63) is 59.2 Å². The molecule has 4 rings (SSSR count). The third kappa shape index (κ3) is 7.58. The van der Waals surface area contributed by atoms with Gasteiger partial charge in [-0.3, -0.25) is 9.59 Å². The van der Waals surface area contributed by atoms with E-state index in [1.54, 1.807) is 6.07 Å². The van der Waals surface area contributed by atoms with Gasteiger partial charge in [0, 0.05) is 53.8 Å². The smallest absolute Gasteiger partial charge is 0.381 e. The van der Waals surface area contributed by atoms with Crippen molar-refractivity contribution in [2.24, 2.45) is 5.92 Å². The first-order valence-corrected chi connectivity index (χ1v) is 13.3. The van der Waals surface area contributed by atoms with Gasteiger partial charge in [-0.25, -0.2) is 0 Å². The Morgan fingerprint density at radius 2 is 1.55 bits per heavy atom. The summed E-state index contributed by atoms with van der Waals surface area (Å²) in [5, 5.41) is 2.72. The summed E-state index contributed by atoms with van der Waals surface area (Å²) in [5.41, 5.74) is -4.18. The van der Waals surface area contributed by atoms with Gasteiger partial charge >= 0.3 is 12.4 Å². The molecule has 0 radical (unpaired) electrons. The maximum atomic E-state index is 14.2. The number of anilines is 1. The molecular weight excluding hydrogens is 562 g/mol. The minimum Gasteiger partial charge on any atom is -0.381 e. The summed E-state index contributed by atoms with van der Waals surface area (Å²) in [6.07, 6.45) is -8.03. The van der Waals surface area contributed by atoms with Crippen LogP contribution < -0.4 is 5.32 Å². The van der Waals surface area contributed by atoms with Crippen molar-refractivity contribution in [2.45, 2.75) is 35.0 Å². The number of rotatable bonds is 6. The Balaban J connectivity index is 1.63. The van der Waals surface area contributed by atoms with Crippen molar-refractivity contribution in [3.63, 3.8) is 0 Å². The lowest BCUT2D eigenvalue weighted by Gasteiger charge is -2.25. The zero-order chi connectivity index (χ0) is 28.9. The third-order valence-corrected chi connectivity index (χ3v) is 7.47. The Labute approximate surface area is 230 Å². The topological polar surface area (TPSA) is 67.9 Å². The monoisotopic (exact) mass is 588 g/mol. The first-order valence-electron chi connectivity index (χ1n) is 12.5. The van der Waals surface area contributed by atoms with Gasteiger partial charge in [-0.1, -0.05) is 23.9 Å². The highest BCUT2D eigenvalue weighted by molar-refractivity contribution is 7.99. The second-order valence-electron chi connectivity index (χ2n) is 9.18. The van der Waals surface area contributed by atoms with E-state index in [2.05, 4.69) is 5.32 Å². The number of amides is 2. The van der Waals surface area contributed by atoms with Crippen molar-refractivity contribution in [1.82, 2.24) is 4.90 Å². The molecule has 216 valence electrons. The van der Waals surface area contributed by atoms with Crippen molar-refractivity contribution in [2.75, 3.05) is 44.8 Å². The number of ether oxygens (including phenoxy) is 2. The lowest BCUT2D eigenvalue weighted by Crippen LogP contribution is -2.39. The third-order valence-electron chi connectivity index (χ3n) is 6.42. The van der Waals surface area contributed by atoms with Gasteiger partial charge in [0.2, 0.25) is 11.8 Å².